The van der Waals surface area contributed by atoms with Crippen LogP contribution >= 0.6 is 0 Å². The van der Waals surface area contributed by atoms with Crippen LogP contribution in [0.3, 0.4) is 0 Å². The zero-order valence-corrected chi connectivity index (χ0v) is 15.2. The molecule has 2 N–H and O–H groups in total. The van der Waals surface area contributed by atoms with Gasteiger partial charge in [-0.25, -0.2) is 9.78 Å². The zero-order chi connectivity index (χ0) is 18.0. The maximum atomic E-state index is 12.7. The van der Waals surface area contributed by atoms with Crippen molar-refractivity contribution in [2.75, 3.05) is 26.2 Å². The Kier molecular flexibility index (Phi) is 4.63. The van der Waals surface area contributed by atoms with Gasteiger partial charge >= 0.3 is 6.03 Å². The van der Waals surface area contributed by atoms with E-state index in [-0.39, 0.29) is 11.6 Å². The van der Waals surface area contributed by atoms with Crippen molar-refractivity contribution in [1.29, 1.82) is 0 Å². The summed E-state index contributed by atoms with van der Waals surface area (Å²) in [7, 11) is 0. The van der Waals surface area contributed by atoms with E-state index in [2.05, 4.69) is 56.6 Å². The van der Waals surface area contributed by atoms with Crippen LogP contribution in [0.4, 0.5) is 4.79 Å². The number of hydrogen-bond acceptors (Lipinski definition) is 4. The Bertz CT molecular complexity index is 747. The summed E-state index contributed by atoms with van der Waals surface area (Å²) in [5.41, 5.74) is 2.54. The number of aryl methyl sites for hydroxylation is 1. The number of amides is 2. The zero-order valence-electron chi connectivity index (χ0n) is 15.2. The maximum Gasteiger partial charge on any atom is 0.317 e. The van der Waals surface area contributed by atoms with Gasteiger partial charge < -0.3 is 10.2 Å². The van der Waals surface area contributed by atoms with Crippen molar-refractivity contribution >= 4 is 6.03 Å². The predicted octanol–water partition coefficient (Wildman–Crippen LogP) is 1.72. The van der Waals surface area contributed by atoms with E-state index < -0.39 is 0 Å². The monoisotopic (exact) mass is 354 g/mol. The lowest BCUT2D eigenvalue weighted by atomic mass is 10.0. The van der Waals surface area contributed by atoms with Gasteiger partial charge in [0.25, 0.3) is 0 Å². The summed E-state index contributed by atoms with van der Waals surface area (Å²) < 4.78 is 0. The summed E-state index contributed by atoms with van der Waals surface area (Å²) in [6, 6.07) is 8.65. The molecule has 4 rings (SSSR count). The number of rotatable bonds is 5. The molecule has 0 unspecified atom stereocenters. The van der Waals surface area contributed by atoms with Crippen molar-refractivity contribution in [2.45, 2.75) is 38.3 Å². The molecule has 1 saturated heterocycles. The van der Waals surface area contributed by atoms with Crippen molar-refractivity contribution in [3.05, 3.63) is 47.5 Å². The minimum absolute atomic E-state index is 0.0398. The quantitative estimate of drug-likeness (QED) is 0.857. The van der Waals surface area contributed by atoms with Crippen molar-refractivity contribution in [2.24, 2.45) is 0 Å². The van der Waals surface area contributed by atoms with Crippen LogP contribution in [0.1, 0.15) is 29.8 Å². The molecule has 0 spiro atoms. The second kappa shape index (κ2) is 7.07. The van der Waals surface area contributed by atoms with Gasteiger partial charge in [-0.3, -0.25) is 10.00 Å². The Morgan fingerprint density at radius 1 is 1.27 bits per heavy atom. The Hall–Kier alpha value is -2.41. The molecular formula is C19H26N6O. The summed E-state index contributed by atoms with van der Waals surface area (Å²) in [6.45, 7) is 6.09. The molecule has 2 fully saturated rings. The molecule has 1 aromatic heterocycles. The molecule has 138 valence electrons. The van der Waals surface area contributed by atoms with E-state index in [0.717, 1.165) is 57.8 Å². The molecule has 1 aliphatic heterocycles. The number of carbonyl (C=O) groups excluding carboxylic acids is 1. The molecule has 2 heterocycles. The first-order valence-electron chi connectivity index (χ1n) is 9.31. The van der Waals surface area contributed by atoms with E-state index in [1.54, 1.807) is 0 Å². The summed E-state index contributed by atoms with van der Waals surface area (Å²) in [5.74, 6) is 0.873. The summed E-state index contributed by atoms with van der Waals surface area (Å²) >= 11 is 0. The Balaban J connectivity index is 1.27. The fraction of sp³-hybridized carbons (Fsp3) is 0.526. The van der Waals surface area contributed by atoms with Crippen LogP contribution in [-0.4, -0.2) is 62.7 Å². The van der Waals surface area contributed by atoms with Gasteiger partial charge in [0, 0.05) is 31.7 Å². The average Bonchev–Trinajstić information content (AvgIpc) is 3.16. The number of nitrogens with one attached hydrogen (secondary N) is 2. The van der Waals surface area contributed by atoms with E-state index in [9.17, 15) is 4.79 Å². The molecule has 1 aromatic carbocycles. The molecule has 0 atom stereocenters. The van der Waals surface area contributed by atoms with Gasteiger partial charge in [0.15, 0.2) is 0 Å². The van der Waals surface area contributed by atoms with E-state index in [0.29, 0.717) is 0 Å². The van der Waals surface area contributed by atoms with Crippen LogP contribution in [0.25, 0.3) is 0 Å². The molecule has 2 aliphatic rings. The summed E-state index contributed by atoms with van der Waals surface area (Å²) in [4.78, 5) is 21.1. The first kappa shape index (κ1) is 17.0. The van der Waals surface area contributed by atoms with Gasteiger partial charge in [0.05, 0.1) is 6.54 Å². The number of urea groups is 1. The second-order valence-electron chi connectivity index (χ2n) is 7.57. The van der Waals surface area contributed by atoms with Crippen molar-refractivity contribution in [3.8, 4) is 0 Å². The van der Waals surface area contributed by atoms with Crippen LogP contribution in [0.15, 0.2) is 30.6 Å². The minimum atomic E-state index is -0.0398. The predicted molar refractivity (Wildman–Crippen MR) is 98.6 cm³/mol. The van der Waals surface area contributed by atoms with E-state index in [1.165, 1.54) is 17.5 Å². The SMILES string of the molecule is Cc1cccc(CC2(NC(=O)N3CCN(Cc4ncn[nH]4)CC3)CC2)c1. The van der Waals surface area contributed by atoms with E-state index >= 15 is 0 Å². The molecular weight excluding hydrogens is 328 g/mol. The fourth-order valence-corrected chi connectivity index (χ4v) is 3.64. The number of carbonyl (C=O) groups is 1. The highest BCUT2D eigenvalue weighted by atomic mass is 16.2. The summed E-state index contributed by atoms with van der Waals surface area (Å²) in [6.07, 6.45) is 4.59. The topological polar surface area (TPSA) is 77.2 Å². The lowest BCUT2D eigenvalue weighted by Gasteiger charge is -2.35. The molecule has 1 saturated carbocycles. The Morgan fingerprint density at radius 3 is 2.73 bits per heavy atom. The lowest BCUT2D eigenvalue weighted by Crippen LogP contribution is -2.54. The molecule has 2 aromatic rings. The minimum Gasteiger partial charge on any atom is -0.332 e. The van der Waals surface area contributed by atoms with Gasteiger partial charge in [-0.1, -0.05) is 29.8 Å². The molecule has 0 bridgehead atoms. The summed E-state index contributed by atoms with van der Waals surface area (Å²) in [5, 5.41) is 10.1. The largest absolute Gasteiger partial charge is 0.332 e. The molecule has 2 amide bonds. The van der Waals surface area contributed by atoms with E-state index in [1.807, 2.05) is 4.90 Å². The number of nitrogens with zero attached hydrogens (tertiary/aromatic N) is 4. The first-order valence-corrected chi connectivity index (χ1v) is 9.31. The number of piperazine rings is 1. The Morgan fingerprint density at radius 2 is 2.08 bits per heavy atom. The molecule has 1 aliphatic carbocycles. The number of hydrogen-bond donors (Lipinski definition) is 2. The molecule has 7 heteroatoms. The normalized spacial score (nSPS) is 19.3. The average molecular weight is 354 g/mol. The lowest BCUT2D eigenvalue weighted by molar-refractivity contribution is 0.131. The third-order valence-corrected chi connectivity index (χ3v) is 5.35. The maximum absolute atomic E-state index is 12.7. The van der Waals surface area contributed by atoms with Crippen LogP contribution in [-0.2, 0) is 13.0 Å². The van der Waals surface area contributed by atoms with Crippen LogP contribution in [0.5, 0.6) is 0 Å². The van der Waals surface area contributed by atoms with Gasteiger partial charge in [0.2, 0.25) is 0 Å². The van der Waals surface area contributed by atoms with Gasteiger partial charge in [-0.2, -0.15) is 5.10 Å². The van der Waals surface area contributed by atoms with Crippen molar-refractivity contribution in [3.63, 3.8) is 0 Å². The highest BCUT2D eigenvalue weighted by Gasteiger charge is 2.44. The van der Waals surface area contributed by atoms with Crippen LogP contribution in [0, 0.1) is 6.92 Å². The van der Waals surface area contributed by atoms with Gasteiger partial charge in [-0.15, -0.1) is 0 Å². The van der Waals surface area contributed by atoms with Crippen molar-refractivity contribution in [1.82, 2.24) is 30.3 Å². The number of aromatic nitrogens is 3. The van der Waals surface area contributed by atoms with Gasteiger partial charge in [-0.05, 0) is 31.7 Å². The van der Waals surface area contributed by atoms with Crippen LogP contribution < -0.4 is 5.32 Å². The third-order valence-electron chi connectivity index (χ3n) is 5.35. The highest BCUT2D eigenvalue weighted by molar-refractivity contribution is 5.75. The molecule has 7 nitrogen and oxygen atoms in total. The van der Waals surface area contributed by atoms with Gasteiger partial charge in [0.1, 0.15) is 12.2 Å². The number of aromatic amines is 1. The second-order valence-corrected chi connectivity index (χ2v) is 7.57. The standard InChI is InChI=1S/C19H26N6O/c1-15-3-2-4-16(11-15)12-19(5-6-19)22-18(26)25-9-7-24(8-10-25)13-17-20-14-21-23-17/h2-4,11,14H,5-10,12-13H2,1H3,(H,22,26)(H,20,21,23). The van der Waals surface area contributed by atoms with Crippen molar-refractivity contribution < 1.29 is 4.79 Å². The molecule has 26 heavy (non-hydrogen) atoms. The first-order chi connectivity index (χ1) is 12.6. The fourth-order valence-electron chi connectivity index (χ4n) is 3.64. The Labute approximate surface area is 153 Å². The number of H-pyrrole nitrogens is 1. The van der Waals surface area contributed by atoms with Crippen LogP contribution in [0.2, 0.25) is 0 Å². The third kappa shape index (κ3) is 4.04. The smallest absolute Gasteiger partial charge is 0.317 e. The number of benzene rings is 1. The van der Waals surface area contributed by atoms with E-state index in [4.69, 9.17) is 0 Å². The highest BCUT2D eigenvalue weighted by Crippen LogP contribution is 2.39. The molecule has 0 radical (unpaired) electrons.